The van der Waals surface area contributed by atoms with Crippen LogP contribution in [0.5, 0.6) is 0 Å². The van der Waals surface area contributed by atoms with Gasteiger partial charge in [-0.25, -0.2) is 0 Å². The minimum Gasteiger partial charge on any atom is -0.375 e. The van der Waals surface area contributed by atoms with Crippen LogP contribution in [-0.4, -0.2) is 29.8 Å². The molecule has 4 radical (unpaired) electrons. The van der Waals surface area contributed by atoms with E-state index in [1.54, 1.807) is 0 Å². The van der Waals surface area contributed by atoms with Gasteiger partial charge in [0.05, 0.1) is 12.2 Å². The van der Waals surface area contributed by atoms with Gasteiger partial charge in [-0.1, -0.05) is 38.5 Å². The van der Waals surface area contributed by atoms with Gasteiger partial charge in [0, 0.05) is 17.6 Å². The van der Waals surface area contributed by atoms with E-state index in [1.165, 1.54) is 64.2 Å². The molecule has 0 aliphatic heterocycles. The van der Waals surface area contributed by atoms with Gasteiger partial charge in [-0.3, -0.25) is 0 Å². The van der Waals surface area contributed by atoms with Crippen LogP contribution in [0.2, 0.25) is 0 Å². The maximum atomic E-state index is 6.13. The molecule has 0 aromatic carbocycles. The van der Waals surface area contributed by atoms with Gasteiger partial charge < -0.3 is 4.74 Å². The van der Waals surface area contributed by atoms with Gasteiger partial charge in [0.1, 0.15) is 0 Å². The second-order valence-corrected chi connectivity index (χ2v) is 4.66. The van der Waals surface area contributed by atoms with Crippen molar-refractivity contribution in [1.82, 2.24) is 0 Å². The summed E-state index contributed by atoms with van der Waals surface area (Å²) in [5.41, 5.74) is 0. The van der Waals surface area contributed by atoms with E-state index in [-0.39, 0.29) is 17.6 Å². The topological polar surface area (TPSA) is 9.23 Å². The molecule has 0 saturated heterocycles. The molecule has 2 fully saturated rings. The molecule has 14 heavy (non-hydrogen) atoms. The van der Waals surface area contributed by atoms with Crippen LogP contribution in [0.25, 0.3) is 0 Å². The third-order valence-corrected chi connectivity index (χ3v) is 3.49. The van der Waals surface area contributed by atoms with E-state index in [2.05, 4.69) is 0 Å². The molecule has 0 heterocycles. The SMILES string of the molecule is C1CCC(OC2CCCCC2)CC1.[Ge]. The first-order valence-corrected chi connectivity index (χ1v) is 6.10. The summed E-state index contributed by atoms with van der Waals surface area (Å²) in [7, 11) is 0. The Morgan fingerprint density at radius 1 is 0.571 bits per heavy atom. The quantitative estimate of drug-likeness (QED) is 0.688. The van der Waals surface area contributed by atoms with Gasteiger partial charge in [-0.2, -0.15) is 0 Å². The normalized spacial score (nSPS) is 25.7. The minimum absolute atomic E-state index is 0. The molecule has 0 N–H and O–H groups in total. The van der Waals surface area contributed by atoms with Crippen molar-refractivity contribution >= 4 is 17.6 Å². The molecule has 0 spiro atoms. The van der Waals surface area contributed by atoms with Gasteiger partial charge in [0.2, 0.25) is 0 Å². The number of rotatable bonds is 2. The van der Waals surface area contributed by atoms with Crippen LogP contribution < -0.4 is 0 Å². The van der Waals surface area contributed by atoms with Crippen LogP contribution >= 0.6 is 0 Å². The Labute approximate surface area is 99.0 Å². The second-order valence-electron chi connectivity index (χ2n) is 4.66. The monoisotopic (exact) mass is 256 g/mol. The molecule has 2 aliphatic carbocycles. The number of hydrogen-bond donors (Lipinski definition) is 0. The van der Waals surface area contributed by atoms with Crippen LogP contribution in [0.4, 0.5) is 0 Å². The Hall–Kier alpha value is 0.503. The number of hydrogen-bond acceptors (Lipinski definition) is 1. The van der Waals surface area contributed by atoms with Crippen molar-refractivity contribution in [1.29, 1.82) is 0 Å². The van der Waals surface area contributed by atoms with Crippen molar-refractivity contribution in [3.05, 3.63) is 0 Å². The van der Waals surface area contributed by atoms with E-state index in [4.69, 9.17) is 4.74 Å². The summed E-state index contributed by atoms with van der Waals surface area (Å²) in [5, 5.41) is 0. The molecule has 0 atom stereocenters. The average Bonchev–Trinajstić information content (AvgIpc) is 2.21. The fraction of sp³-hybridized carbons (Fsp3) is 1.00. The van der Waals surface area contributed by atoms with Crippen LogP contribution in [0.1, 0.15) is 64.2 Å². The summed E-state index contributed by atoms with van der Waals surface area (Å²) in [5.74, 6) is 0. The van der Waals surface area contributed by atoms with Crippen LogP contribution in [0.3, 0.4) is 0 Å². The van der Waals surface area contributed by atoms with Crippen LogP contribution in [0.15, 0.2) is 0 Å². The third kappa shape index (κ3) is 3.94. The maximum absolute atomic E-state index is 6.13. The first kappa shape index (κ1) is 12.6. The zero-order valence-corrected chi connectivity index (χ0v) is 11.2. The van der Waals surface area contributed by atoms with Crippen molar-refractivity contribution in [2.45, 2.75) is 76.4 Å². The summed E-state index contributed by atoms with van der Waals surface area (Å²) in [4.78, 5) is 0. The summed E-state index contributed by atoms with van der Waals surface area (Å²) >= 11 is 0. The standard InChI is InChI=1S/C12H22O.Ge/c1-3-7-11(8-4-1)13-12-9-5-2-6-10-12;/h11-12H,1-10H2;. The Morgan fingerprint density at radius 2 is 0.929 bits per heavy atom. The first-order chi connectivity index (χ1) is 6.45. The van der Waals surface area contributed by atoms with Gasteiger partial charge in [-0.15, -0.1) is 0 Å². The van der Waals surface area contributed by atoms with Gasteiger partial charge in [-0.05, 0) is 25.7 Å². The summed E-state index contributed by atoms with van der Waals surface area (Å²) in [6, 6.07) is 0. The molecule has 0 bridgehead atoms. The van der Waals surface area contributed by atoms with Crippen molar-refractivity contribution in [3.8, 4) is 0 Å². The van der Waals surface area contributed by atoms with E-state index >= 15 is 0 Å². The van der Waals surface area contributed by atoms with Crippen molar-refractivity contribution in [3.63, 3.8) is 0 Å². The molecule has 2 rings (SSSR count). The summed E-state index contributed by atoms with van der Waals surface area (Å²) < 4.78 is 6.13. The Bertz CT molecular complexity index is 121. The molecule has 2 saturated carbocycles. The van der Waals surface area contributed by atoms with E-state index in [9.17, 15) is 0 Å². The van der Waals surface area contributed by atoms with E-state index in [0.717, 1.165) is 0 Å². The fourth-order valence-corrected chi connectivity index (χ4v) is 2.67. The largest absolute Gasteiger partial charge is 0.375 e. The Morgan fingerprint density at radius 3 is 1.29 bits per heavy atom. The van der Waals surface area contributed by atoms with Gasteiger partial charge in [0.15, 0.2) is 0 Å². The smallest absolute Gasteiger partial charge is 0.0578 e. The Balaban J connectivity index is 0.000000980. The average molecular weight is 255 g/mol. The van der Waals surface area contributed by atoms with E-state index in [0.29, 0.717) is 12.2 Å². The Kier molecular flexibility index (Phi) is 6.19. The molecule has 80 valence electrons. The first-order valence-electron chi connectivity index (χ1n) is 6.10. The molecule has 0 amide bonds. The molecule has 2 heteroatoms. The predicted molar refractivity (Wildman–Crippen MR) is 60.6 cm³/mol. The van der Waals surface area contributed by atoms with E-state index < -0.39 is 0 Å². The third-order valence-electron chi connectivity index (χ3n) is 3.49. The fourth-order valence-electron chi connectivity index (χ4n) is 2.67. The zero-order valence-electron chi connectivity index (χ0n) is 9.13. The molecule has 2 aliphatic rings. The second kappa shape index (κ2) is 6.89. The van der Waals surface area contributed by atoms with Crippen molar-refractivity contribution in [2.75, 3.05) is 0 Å². The summed E-state index contributed by atoms with van der Waals surface area (Å²) in [6.07, 6.45) is 15.0. The molecular weight excluding hydrogens is 233 g/mol. The molecule has 0 aromatic heterocycles. The molecule has 1 nitrogen and oxygen atoms in total. The molecular formula is C12H22GeO. The molecule has 0 unspecified atom stereocenters. The zero-order chi connectivity index (χ0) is 8.93. The number of ether oxygens (including phenoxy) is 1. The molecule has 0 aromatic rings. The predicted octanol–water partition coefficient (Wildman–Crippen LogP) is 3.29. The minimum atomic E-state index is 0. The van der Waals surface area contributed by atoms with Gasteiger partial charge in [0.25, 0.3) is 0 Å². The van der Waals surface area contributed by atoms with Crippen LogP contribution in [-0.2, 0) is 4.74 Å². The van der Waals surface area contributed by atoms with Crippen LogP contribution in [0, 0.1) is 0 Å². The van der Waals surface area contributed by atoms with Crippen molar-refractivity contribution < 1.29 is 4.74 Å². The van der Waals surface area contributed by atoms with E-state index in [1.807, 2.05) is 0 Å². The van der Waals surface area contributed by atoms with Crippen molar-refractivity contribution in [2.24, 2.45) is 0 Å². The summed E-state index contributed by atoms with van der Waals surface area (Å²) in [6.45, 7) is 0. The maximum Gasteiger partial charge on any atom is 0.0578 e. The van der Waals surface area contributed by atoms with Gasteiger partial charge >= 0.3 is 0 Å².